The number of aromatic nitrogens is 3. The van der Waals surface area contributed by atoms with Crippen molar-refractivity contribution >= 4 is 45.0 Å². The molecule has 1 atom stereocenters. The van der Waals surface area contributed by atoms with Gasteiger partial charge in [0.05, 0.1) is 10.9 Å². The Morgan fingerprint density at radius 2 is 2.20 bits per heavy atom. The maximum Gasteiger partial charge on any atom is 0.329 e. The number of hydrogen-bond acceptors (Lipinski definition) is 6. The molecule has 0 aliphatic carbocycles. The average molecular weight is 376 g/mol. The molecule has 2 aromatic heterocycles. The molecule has 0 aliphatic heterocycles. The van der Waals surface area contributed by atoms with Crippen LogP contribution in [0.25, 0.3) is 10.9 Å². The molecule has 0 spiro atoms. The monoisotopic (exact) mass is 376 g/mol. The number of para-hydroxylation sites is 1. The van der Waals surface area contributed by atoms with Gasteiger partial charge >= 0.3 is 5.69 Å². The van der Waals surface area contributed by atoms with Crippen molar-refractivity contribution in [3.8, 4) is 0 Å². The van der Waals surface area contributed by atoms with Gasteiger partial charge < -0.3 is 10.3 Å². The van der Waals surface area contributed by atoms with E-state index in [0.717, 1.165) is 4.57 Å². The topological polar surface area (TPSA) is 96.8 Å². The summed E-state index contributed by atoms with van der Waals surface area (Å²) in [7, 11) is 0. The van der Waals surface area contributed by atoms with Crippen molar-refractivity contribution in [2.24, 2.45) is 0 Å². The summed E-state index contributed by atoms with van der Waals surface area (Å²) in [4.78, 5) is 44.7. The molecule has 25 heavy (non-hydrogen) atoms. The van der Waals surface area contributed by atoms with Crippen LogP contribution in [0.1, 0.15) is 12.5 Å². The molecule has 3 aromatic rings. The van der Waals surface area contributed by atoms with Crippen LogP contribution in [0, 0.1) is 0 Å². The molecule has 1 aromatic carbocycles. The number of H-pyrrole nitrogens is 1. The van der Waals surface area contributed by atoms with Crippen LogP contribution in [0.3, 0.4) is 0 Å². The summed E-state index contributed by atoms with van der Waals surface area (Å²) in [5.74, 6) is 0.209. The van der Waals surface area contributed by atoms with E-state index in [-0.39, 0.29) is 0 Å². The molecule has 130 valence electrons. The zero-order chi connectivity index (χ0) is 17.8. The highest BCUT2D eigenvalue weighted by Gasteiger charge is 2.25. The molecule has 0 bridgehead atoms. The SMILES string of the molecule is CSCC[C@@H](C(=O)Nc1nccs1)n1c(=O)[nH]c2ccccc2c1=O. The highest BCUT2D eigenvalue weighted by Crippen LogP contribution is 2.17. The van der Waals surface area contributed by atoms with Crippen molar-refractivity contribution < 1.29 is 4.79 Å². The van der Waals surface area contributed by atoms with E-state index in [4.69, 9.17) is 0 Å². The molecule has 0 unspecified atom stereocenters. The Hall–Kier alpha value is -2.39. The molecule has 3 rings (SSSR count). The summed E-state index contributed by atoms with van der Waals surface area (Å²) in [5, 5.41) is 5.22. The Labute approximate surface area is 151 Å². The number of benzene rings is 1. The number of rotatable bonds is 6. The average Bonchev–Trinajstić information content (AvgIpc) is 3.10. The molecule has 0 saturated carbocycles. The Kier molecular flexibility index (Phi) is 5.34. The van der Waals surface area contributed by atoms with Crippen LogP contribution in [0.15, 0.2) is 45.4 Å². The lowest BCUT2D eigenvalue weighted by Gasteiger charge is -2.18. The van der Waals surface area contributed by atoms with Crippen molar-refractivity contribution in [1.82, 2.24) is 14.5 Å². The fourth-order valence-corrected chi connectivity index (χ4v) is 3.53. The maximum absolute atomic E-state index is 12.8. The van der Waals surface area contributed by atoms with Gasteiger partial charge in [0, 0.05) is 11.6 Å². The van der Waals surface area contributed by atoms with E-state index in [1.54, 1.807) is 47.6 Å². The molecule has 0 saturated heterocycles. The third kappa shape index (κ3) is 3.67. The van der Waals surface area contributed by atoms with Gasteiger partial charge in [0.1, 0.15) is 6.04 Å². The predicted molar refractivity (Wildman–Crippen MR) is 102 cm³/mol. The van der Waals surface area contributed by atoms with E-state index in [2.05, 4.69) is 15.3 Å². The van der Waals surface area contributed by atoms with E-state index >= 15 is 0 Å². The first kappa shape index (κ1) is 17.4. The summed E-state index contributed by atoms with van der Waals surface area (Å²) in [5.41, 5.74) is -0.610. The summed E-state index contributed by atoms with van der Waals surface area (Å²) in [6.07, 6.45) is 3.84. The summed E-state index contributed by atoms with van der Waals surface area (Å²) >= 11 is 2.82. The zero-order valence-corrected chi connectivity index (χ0v) is 15.0. The Morgan fingerprint density at radius 3 is 2.92 bits per heavy atom. The third-order valence-corrected chi connectivity index (χ3v) is 5.04. The number of hydrogen-bond donors (Lipinski definition) is 2. The Morgan fingerprint density at radius 1 is 1.40 bits per heavy atom. The molecule has 0 fully saturated rings. The van der Waals surface area contributed by atoms with Gasteiger partial charge in [0.15, 0.2) is 5.13 Å². The fourth-order valence-electron chi connectivity index (χ4n) is 2.54. The summed E-state index contributed by atoms with van der Waals surface area (Å²) in [6, 6.07) is 5.85. The van der Waals surface area contributed by atoms with Crippen LogP contribution in [-0.2, 0) is 4.79 Å². The van der Waals surface area contributed by atoms with Crippen LogP contribution in [0.4, 0.5) is 5.13 Å². The van der Waals surface area contributed by atoms with E-state index in [1.807, 2.05) is 6.26 Å². The van der Waals surface area contributed by atoms with Crippen molar-refractivity contribution in [1.29, 1.82) is 0 Å². The van der Waals surface area contributed by atoms with E-state index in [1.165, 1.54) is 11.3 Å². The lowest BCUT2D eigenvalue weighted by Crippen LogP contribution is -2.42. The normalized spacial score (nSPS) is 12.2. The summed E-state index contributed by atoms with van der Waals surface area (Å²) in [6.45, 7) is 0. The number of amides is 1. The highest BCUT2D eigenvalue weighted by molar-refractivity contribution is 7.98. The standard InChI is InChI=1S/C16H16N4O3S2/c1-24-8-6-12(13(21)19-15-17-7-9-25-15)20-14(22)10-4-2-3-5-11(10)18-16(20)23/h2-5,7,9,12H,6,8H2,1H3,(H,18,23)(H,17,19,21)/t12-/m0/s1. The largest absolute Gasteiger partial charge is 0.329 e. The predicted octanol–water partition coefficient (Wildman–Crippen LogP) is 2.08. The minimum absolute atomic E-state index is 0.361. The number of anilines is 1. The van der Waals surface area contributed by atoms with Gasteiger partial charge in [-0.25, -0.2) is 14.3 Å². The van der Waals surface area contributed by atoms with Gasteiger partial charge in [-0.2, -0.15) is 11.8 Å². The van der Waals surface area contributed by atoms with Crippen molar-refractivity contribution in [2.45, 2.75) is 12.5 Å². The number of thiazole rings is 1. The van der Waals surface area contributed by atoms with Crippen molar-refractivity contribution in [2.75, 3.05) is 17.3 Å². The second kappa shape index (κ2) is 7.66. The quantitative estimate of drug-likeness (QED) is 0.686. The second-order valence-corrected chi connectivity index (χ2v) is 7.15. The zero-order valence-electron chi connectivity index (χ0n) is 13.4. The maximum atomic E-state index is 12.8. The first-order valence-electron chi connectivity index (χ1n) is 7.54. The Bertz CT molecular complexity index is 995. The van der Waals surface area contributed by atoms with Gasteiger partial charge in [-0.05, 0) is 30.6 Å². The van der Waals surface area contributed by atoms with Gasteiger partial charge in [0.2, 0.25) is 5.91 Å². The molecule has 9 heteroatoms. The number of carbonyl (C=O) groups is 1. The molecule has 7 nitrogen and oxygen atoms in total. The van der Waals surface area contributed by atoms with E-state index < -0.39 is 23.2 Å². The van der Waals surface area contributed by atoms with Crippen LogP contribution in [0.2, 0.25) is 0 Å². The minimum atomic E-state index is -0.905. The van der Waals surface area contributed by atoms with Gasteiger partial charge in [0.25, 0.3) is 5.56 Å². The van der Waals surface area contributed by atoms with Gasteiger partial charge in [-0.1, -0.05) is 12.1 Å². The molecule has 2 heterocycles. The lowest BCUT2D eigenvalue weighted by atomic mass is 10.2. The minimum Gasteiger partial charge on any atom is -0.307 e. The molecule has 1 amide bonds. The van der Waals surface area contributed by atoms with Gasteiger partial charge in [-0.15, -0.1) is 11.3 Å². The number of nitrogens with one attached hydrogen (secondary N) is 2. The first-order chi connectivity index (χ1) is 12.1. The van der Waals surface area contributed by atoms with E-state index in [9.17, 15) is 14.4 Å². The number of nitrogens with zero attached hydrogens (tertiary/aromatic N) is 2. The molecule has 0 radical (unpaired) electrons. The summed E-state index contributed by atoms with van der Waals surface area (Å²) < 4.78 is 1.00. The highest BCUT2D eigenvalue weighted by atomic mass is 32.2. The first-order valence-corrected chi connectivity index (χ1v) is 9.82. The smallest absolute Gasteiger partial charge is 0.307 e. The third-order valence-electron chi connectivity index (χ3n) is 3.71. The molecular weight excluding hydrogens is 360 g/mol. The van der Waals surface area contributed by atoms with Crippen LogP contribution in [-0.4, -0.2) is 32.5 Å². The van der Waals surface area contributed by atoms with Crippen LogP contribution >= 0.6 is 23.1 Å². The van der Waals surface area contributed by atoms with Crippen LogP contribution < -0.4 is 16.6 Å². The molecular formula is C16H16N4O3S2. The number of aromatic amines is 1. The number of thioether (sulfide) groups is 1. The Balaban J connectivity index is 2.06. The number of carbonyl (C=O) groups excluding carboxylic acids is 1. The lowest BCUT2D eigenvalue weighted by molar-refractivity contribution is -0.119. The second-order valence-electron chi connectivity index (χ2n) is 5.27. The fraction of sp³-hybridized carbons (Fsp3) is 0.250. The van der Waals surface area contributed by atoms with Crippen LogP contribution in [0.5, 0.6) is 0 Å². The van der Waals surface area contributed by atoms with E-state index in [0.29, 0.717) is 28.2 Å². The number of fused-ring (bicyclic) bond motifs is 1. The van der Waals surface area contributed by atoms with Crippen molar-refractivity contribution in [3.05, 3.63) is 56.7 Å². The molecule has 2 N–H and O–H groups in total. The van der Waals surface area contributed by atoms with Crippen molar-refractivity contribution in [3.63, 3.8) is 0 Å². The van der Waals surface area contributed by atoms with Gasteiger partial charge in [-0.3, -0.25) is 9.59 Å². The molecule has 0 aliphatic rings.